The minimum absolute atomic E-state index is 0.00457. The third-order valence-electron chi connectivity index (χ3n) is 3.97. The standard InChI is InChI=1S/C17H22N2O6/c20-16(3-4-17(21)19-6-9-22-10-7-19)18-5-8-23-13-1-2-14-15(11-13)25-12-24-14/h1-2,11H,3-10,12H2,(H,18,20). The predicted octanol–water partition coefficient (Wildman–Crippen LogP) is 0.549. The van der Waals surface area contributed by atoms with Crippen molar-refractivity contribution in [2.75, 3.05) is 46.2 Å². The van der Waals surface area contributed by atoms with E-state index >= 15 is 0 Å². The van der Waals surface area contributed by atoms with E-state index in [-0.39, 0.29) is 31.4 Å². The number of benzene rings is 1. The maximum Gasteiger partial charge on any atom is 0.231 e. The molecular weight excluding hydrogens is 328 g/mol. The van der Waals surface area contributed by atoms with E-state index in [1.807, 2.05) is 0 Å². The minimum atomic E-state index is -0.157. The summed E-state index contributed by atoms with van der Waals surface area (Å²) in [6.07, 6.45) is 0.398. The van der Waals surface area contributed by atoms with E-state index in [0.717, 1.165) is 0 Å². The van der Waals surface area contributed by atoms with Crippen LogP contribution in [0.2, 0.25) is 0 Å². The van der Waals surface area contributed by atoms with Crippen LogP contribution < -0.4 is 19.5 Å². The molecule has 3 rings (SSSR count). The zero-order valence-corrected chi connectivity index (χ0v) is 14.0. The van der Waals surface area contributed by atoms with Crippen molar-refractivity contribution in [3.05, 3.63) is 18.2 Å². The lowest BCUT2D eigenvalue weighted by atomic mass is 10.2. The van der Waals surface area contributed by atoms with Gasteiger partial charge < -0.3 is 29.2 Å². The SMILES string of the molecule is O=C(CCC(=O)N1CCOCC1)NCCOc1ccc2c(c1)OCO2. The van der Waals surface area contributed by atoms with Gasteiger partial charge in [0.05, 0.1) is 19.8 Å². The first-order chi connectivity index (χ1) is 12.2. The van der Waals surface area contributed by atoms with Crippen LogP contribution in [0.1, 0.15) is 12.8 Å². The van der Waals surface area contributed by atoms with Crippen LogP contribution in [-0.4, -0.2) is 63.0 Å². The average molecular weight is 350 g/mol. The maximum atomic E-state index is 12.0. The maximum absolute atomic E-state index is 12.0. The van der Waals surface area contributed by atoms with Crippen LogP contribution in [0.4, 0.5) is 0 Å². The first kappa shape index (κ1) is 17.3. The molecule has 1 aromatic carbocycles. The Bertz CT molecular complexity index is 615. The lowest BCUT2D eigenvalue weighted by Crippen LogP contribution is -2.41. The van der Waals surface area contributed by atoms with Crippen molar-refractivity contribution >= 4 is 11.8 Å². The highest BCUT2D eigenvalue weighted by Gasteiger charge is 2.17. The van der Waals surface area contributed by atoms with Crippen molar-refractivity contribution in [1.29, 1.82) is 0 Å². The molecule has 1 fully saturated rings. The summed E-state index contributed by atoms with van der Waals surface area (Å²) in [7, 11) is 0. The van der Waals surface area contributed by atoms with Gasteiger partial charge in [-0.15, -0.1) is 0 Å². The molecule has 0 bridgehead atoms. The summed E-state index contributed by atoms with van der Waals surface area (Å²) in [5.41, 5.74) is 0. The van der Waals surface area contributed by atoms with E-state index in [1.54, 1.807) is 23.1 Å². The van der Waals surface area contributed by atoms with Crippen molar-refractivity contribution in [3.63, 3.8) is 0 Å². The van der Waals surface area contributed by atoms with Gasteiger partial charge in [0.25, 0.3) is 0 Å². The molecule has 1 N–H and O–H groups in total. The van der Waals surface area contributed by atoms with Crippen LogP contribution in [0.3, 0.4) is 0 Å². The van der Waals surface area contributed by atoms with Crippen LogP contribution in [0.25, 0.3) is 0 Å². The fourth-order valence-electron chi connectivity index (χ4n) is 2.61. The Morgan fingerprint density at radius 3 is 2.76 bits per heavy atom. The zero-order valence-electron chi connectivity index (χ0n) is 14.0. The van der Waals surface area contributed by atoms with Crippen LogP contribution in [-0.2, 0) is 14.3 Å². The Labute approximate surface area is 146 Å². The second-order valence-corrected chi connectivity index (χ2v) is 5.71. The molecule has 1 aromatic rings. The molecule has 0 aliphatic carbocycles. The number of amides is 2. The van der Waals surface area contributed by atoms with Gasteiger partial charge in [0.1, 0.15) is 12.4 Å². The van der Waals surface area contributed by atoms with Gasteiger partial charge in [-0.1, -0.05) is 0 Å². The van der Waals surface area contributed by atoms with Crippen molar-refractivity contribution in [2.24, 2.45) is 0 Å². The molecule has 2 aliphatic rings. The first-order valence-corrected chi connectivity index (χ1v) is 8.37. The summed E-state index contributed by atoms with van der Waals surface area (Å²) < 4.78 is 21.3. The Morgan fingerprint density at radius 2 is 1.92 bits per heavy atom. The third-order valence-corrected chi connectivity index (χ3v) is 3.97. The van der Waals surface area contributed by atoms with Crippen molar-refractivity contribution in [2.45, 2.75) is 12.8 Å². The van der Waals surface area contributed by atoms with E-state index in [1.165, 1.54) is 0 Å². The Morgan fingerprint density at radius 1 is 1.12 bits per heavy atom. The second kappa shape index (κ2) is 8.57. The number of morpholine rings is 1. The summed E-state index contributed by atoms with van der Waals surface area (Å²) in [5.74, 6) is 1.85. The Kier molecular flexibility index (Phi) is 5.95. The summed E-state index contributed by atoms with van der Waals surface area (Å²) in [4.78, 5) is 25.5. The number of ether oxygens (including phenoxy) is 4. The normalized spacial score (nSPS) is 15.8. The lowest BCUT2D eigenvalue weighted by molar-refractivity contribution is -0.137. The number of hydrogen-bond acceptors (Lipinski definition) is 6. The molecule has 2 amide bonds. The van der Waals surface area contributed by atoms with Gasteiger partial charge in [0, 0.05) is 32.0 Å². The molecule has 2 aliphatic heterocycles. The van der Waals surface area contributed by atoms with Gasteiger partial charge in [-0.3, -0.25) is 9.59 Å². The number of nitrogens with one attached hydrogen (secondary N) is 1. The van der Waals surface area contributed by atoms with Gasteiger partial charge >= 0.3 is 0 Å². The number of rotatable bonds is 7. The Balaban J connectivity index is 1.29. The van der Waals surface area contributed by atoms with Crippen LogP contribution >= 0.6 is 0 Å². The fraction of sp³-hybridized carbons (Fsp3) is 0.529. The molecule has 25 heavy (non-hydrogen) atoms. The van der Waals surface area contributed by atoms with Crippen molar-refractivity contribution < 1.29 is 28.5 Å². The van der Waals surface area contributed by atoms with E-state index in [9.17, 15) is 9.59 Å². The largest absolute Gasteiger partial charge is 0.492 e. The van der Waals surface area contributed by atoms with E-state index < -0.39 is 0 Å². The molecule has 136 valence electrons. The molecule has 2 heterocycles. The van der Waals surface area contributed by atoms with Gasteiger partial charge in [0.15, 0.2) is 11.5 Å². The average Bonchev–Trinajstić information content (AvgIpc) is 3.12. The van der Waals surface area contributed by atoms with Gasteiger partial charge in [-0.2, -0.15) is 0 Å². The van der Waals surface area contributed by atoms with Crippen LogP contribution in [0, 0.1) is 0 Å². The molecule has 1 saturated heterocycles. The molecule has 0 spiro atoms. The summed E-state index contributed by atoms with van der Waals surface area (Å²) in [6.45, 7) is 3.26. The molecule has 0 saturated carbocycles. The zero-order chi connectivity index (χ0) is 17.5. The predicted molar refractivity (Wildman–Crippen MR) is 87.7 cm³/mol. The van der Waals surface area contributed by atoms with E-state index in [0.29, 0.717) is 56.7 Å². The quantitative estimate of drug-likeness (QED) is 0.723. The monoisotopic (exact) mass is 350 g/mol. The van der Waals surface area contributed by atoms with Crippen LogP contribution in [0.15, 0.2) is 18.2 Å². The molecule has 0 atom stereocenters. The molecule has 8 heteroatoms. The number of carbonyl (C=O) groups excluding carboxylic acids is 2. The van der Waals surface area contributed by atoms with Gasteiger partial charge in [-0.25, -0.2) is 0 Å². The van der Waals surface area contributed by atoms with Gasteiger partial charge in [0.2, 0.25) is 18.6 Å². The summed E-state index contributed by atoms with van der Waals surface area (Å²) in [6, 6.07) is 5.33. The molecule has 0 radical (unpaired) electrons. The smallest absolute Gasteiger partial charge is 0.231 e. The molecule has 8 nitrogen and oxygen atoms in total. The van der Waals surface area contributed by atoms with E-state index in [2.05, 4.69) is 5.32 Å². The van der Waals surface area contributed by atoms with Gasteiger partial charge in [-0.05, 0) is 12.1 Å². The second-order valence-electron chi connectivity index (χ2n) is 5.71. The lowest BCUT2D eigenvalue weighted by Gasteiger charge is -2.26. The number of hydrogen-bond donors (Lipinski definition) is 1. The number of nitrogens with zero attached hydrogens (tertiary/aromatic N) is 1. The molecular formula is C17H22N2O6. The molecule has 0 unspecified atom stereocenters. The summed E-state index contributed by atoms with van der Waals surface area (Å²) >= 11 is 0. The Hall–Kier alpha value is -2.48. The summed E-state index contributed by atoms with van der Waals surface area (Å²) in [5, 5.41) is 2.75. The topological polar surface area (TPSA) is 86.3 Å². The first-order valence-electron chi connectivity index (χ1n) is 8.37. The van der Waals surface area contributed by atoms with Crippen molar-refractivity contribution in [3.8, 4) is 17.2 Å². The number of fused-ring (bicyclic) bond motifs is 1. The van der Waals surface area contributed by atoms with E-state index in [4.69, 9.17) is 18.9 Å². The fourth-order valence-corrected chi connectivity index (χ4v) is 2.61. The highest BCUT2D eigenvalue weighted by atomic mass is 16.7. The molecule has 0 aromatic heterocycles. The third kappa shape index (κ3) is 4.99. The minimum Gasteiger partial charge on any atom is -0.492 e. The number of carbonyl (C=O) groups is 2. The van der Waals surface area contributed by atoms with Crippen molar-refractivity contribution in [1.82, 2.24) is 10.2 Å². The van der Waals surface area contributed by atoms with Crippen LogP contribution in [0.5, 0.6) is 17.2 Å². The highest BCUT2D eigenvalue weighted by Crippen LogP contribution is 2.34. The highest BCUT2D eigenvalue weighted by molar-refractivity contribution is 5.83.